The molecule has 0 aliphatic rings. The Hall–Kier alpha value is -2.38. The van der Waals surface area contributed by atoms with E-state index in [1.807, 2.05) is 13.0 Å². The summed E-state index contributed by atoms with van der Waals surface area (Å²) in [6.45, 7) is 10.4. The van der Waals surface area contributed by atoms with Gasteiger partial charge in [-0.2, -0.15) is 0 Å². The van der Waals surface area contributed by atoms with E-state index in [0.29, 0.717) is 23.8 Å². The first kappa shape index (κ1) is 21.9. The van der Waals surface area contributed by atoms with Gasteiger partial charge in [-0.3, -0.25) is 14.4 Å². The van der Waals surface area contributed by atoms with E-state index in [2.05, 4.69) is 35.7 Å². The Balaban J connectivity index is 2.07. The molecular formula is C21H29N3O3S. The molecule has 2 N–H and O–H groups in total. The van der Waals surface area contributed by atoms with Gasteiger partial charge in [-0.1, -0.05) is 25.1 Å². The molecule has 28 heavy (non-hydrogen) atoms. The Morgan fingerprint density at radius 1 is 1.11 bits per heavy atom. The molecule has 0 radical (unpaired) electrons. The predicted molar refractivity (Wildman–Crippen MR) is 113 cm³/mol. The van der Waals surface area contributed by atoms with Gasteiger partial charge in [0.05, 0.1) is 4.90 Å². The first-order chi connectivity index (χ1) is 13.2. The zero-order valence-electron chi connectivity index (χ0n) is 16.9. The molecule has 7 heteroatoms. The summed E-state index contributed by atoms with van der Waals surface area (Å²) in [6.07, 6.45) is 0. The molecule has 0 fully saturated rings. The first-order valence-electron chi connectivity index (χ1n) is 9.44. The number of aryl methyl sites for hydroxylation is 1. The van der Waals surface area contributed by atoms with Crippen LogP contribution < -0.4 is 10.0 Å². The van der Waals surface area contributed by atoms with Gasteiger partial charge < -0.3 is 5.32 Å². The molecule has 0 bridgehead atoms. The maximum Gasteiger partial charge on any atom is 0.261 e. The highest BCUT2D eigenvalue weighted by molar-refractivity contribution is 7.92. The number of nitrogens with zero attached hydrogens (tertiary/aromatic N) is 1. The van der Waals surface area contributed by atoms with Gasteiger partial charge in [0.25, 0.3) is 15.9 Å². The molecule has 0 spiro atoms. The van der Waals surface area contributed by atoms with Gasteiger partial charge in [0, 0.05) is 30.4 Å². The molecule has 2 aromatic carbocycles. The van der Waals surface area contributed by atoms with Crippen molar-refractivity contribution in [2.75, 3.05) is 24.4 Å². The van der Waals surface area contributed by atoms with E-state index in [-0.39, 0.29) is 10.8 Å². The topological polar surface area (TPSA) is 78.5 Å². The Bertz CT molecular complexity index is 911. The van der Waals surface area contributed by atoms with Crippen LogP contribution in [0.2, 0.25) is 0 Å². The lowest BCUT2D eigenvalue weighted by Gasteiger charge is -2.24. The fourth-order valence-corrected chi connectivity index (χ4v) is 4.02. The third kappa shape index (κ3) is 6.07. The Morgan fingerprint density at radius 3 is 2.46 bits per heavy atom. The lowest BCUT2D eigenvalue weighted by molar-refractivity contribution is 0.0945. The van der Waals surface area contributed by atoms with Crippen LogP contribution in [-0.4, -0.2) is 44.9 Å². The molecule has 0 heterocycles. The summed E-state index contributed by atoms with van der Waals surface area (Å²) in [5.74, 6) is -0.285. The number of benzene rings is 2. The summed E-state index contributed by atoms with van der Waals surface area (Å²) in [5.41, 5.74) is 1.76. The van der Waals surface area contributed by atoms with Crippen molar-refractivity contribution in [1.82, 2.24) is 10.2 Å². The van der Waals surface area contributed by atoms with Crippen LogP contribution in [0.3, 0.4) is 0 Å². The number of rotatable bonds is 9. The van der Waals surface area contributed by atoms with Crippen molar-refractivity contribution < 1.29 is 13.2 Å². The number of carbonyl (C=O) groups is 1. The number of likely N-dealkylation sites (N-methyl/N-ethyl adjacent to an activating group) is 1. The predicted octanol–water partition coefficient (Wildman–Crippen LogP) is 3.26. The SMILES string of the molecule is CCN(CCNC(=O)c1cccc(S(=O)(=O)Nc2cccc(C)c2)c1)C(C)C. The smallest absolute Gasteiger partial charge is 0.261 e. The number of hydrogen-bond donors (Lipinski definition) is 2. The fourth-order valence-electron chi connectivity index (χ4n) is 2.92. The molecule has 2 rings (SSSR count). The minimum Gasteiger partial charge on any atom is -0.351 e. The highest BCUT2D eigenvalue weighted by Gasteiger charge is 2.17. The largest absolute Gasteiger partial charge is 0.351 e. The first-order valence-corrected chi connectivity index (χ1v) is 10.9. The van der Waals surface area contributed by atoms with Crippen molar-refractivity contribution in [3.05, 3.63) is 59.7 Å². The fraction of sp³-hybridized carbons (Fsp3) is 0.381. The number of carbonyl (C=O) groups excluding carboxylic acids is 1. The molecule has 2 aromatic rings. The maximum absolute atomic E-state index is 12.7. The van der Waals surface area contributed by atoms with E-state index in [0.717, 1.165) is 18.7 Å². The molecule has 0 aromatic heterocycles. The molecule has 0 aliphatic carbocycles. The Kier molecular flexibility index (Phi) is 7.60. The summed E-state index contributed by atoms with van der Waals surface area (Å²) >= 11 is 0. The van der Waals surface area contributed by atoms with Crippen LogP contribution >= 0.6 is 0 Å². The van der Waals surface area contributed by atoms with Crippen molar-refractivity contribution in [1.29, 1.82) is 0 Å². The Labute approximate surface area is 168 Å². The lowest BCUT2D eigenvalue weighted by atomic mass is 10.2. The van der Waals surface area contributed by atoms with Crippen LogP contribution in [0.15, 0.2) is 53.4 Å². The molecule has 6 nitrogen and oxygen atoms in total. The third-order valence-electron chi connectivity index (χ3n) is 4.50. The molecule has 1 amide bonds. The van der Waals surface area contributed by atoms with Crippen molar-refractivity contribution in [3.63, 3.8) is 0 Å². The highest BCUT2D eigenvalue weighted by atomic mass is 32.2. The van der Waals surface area contributed by atoms with E-state index in [4.69, 9.17) is 0 Å². The summed E-state index contributed by atoms with van der Waals surface area (Å²) in [6, 6.07) is 13.6. The number of amides is 1. The van der Waals surface area contributed by atoms with Crippen LogP contribution in [0, 0.1) is 6.92 Å². The summed E-state index contributed by atoms with van der Waals surface area (Å²) in [7, 11) is -3.77. The lowest BCUT2D eigenvalue weighted by Crippen LogP contribution is -2.38. The number of anilines is 1. The van der Waals surface area contributed by atoms with Gasteiger partial charge in [-0.15, -0.1) is 0 Å². The summed E-state index contributed by atoms with van der Waals surface area (Å²) < 4.78 is 27.9. The van der Waals surface area contributed by atoms with Gasteiger partial charge in [-0.25, -0.2) is 8.42 Å². The molecule has 0 saturated carbocycles. The number of sulfonamides is 1. The van der Waals surface area contributed by atoms with E-state index < -0.39 is 10.0 Å². The summed E-state index contributed by atoms with van der Waals surface area (Å²) in [5, 5.41) is 2.86. The second-order valence-electron chi connectivity index (χ2n) is 6.98. The number of hydrogen-bond acceptors (Lipinski definition) is 4. The molecule has 0 aliphatic heterocycles. The second kappa shape index (κ2) is 9.71. The minimum absolute atomic E-state index is 0.0546. The van der Waals surface area contributed by atoms with Gasteiger partial charge in [-0.05, 0) is 63.2 Å². The summed E-state index contributed by atoms with van der Waals surface area (Å²) in [4.78, 5) is 14.7. The van der Waals surface area contributed by atoms with Gasteiger partial charge in [0.15, 0.2) is 0 Å². The minimum atomic E-state index is -3.77. The standard InChI is InChI=1S/C21H29N3O3S/c1-5-24(16(2)3)13-12-22-21(25)18-9-7-11-20(15-18)28(26,27)23-19-10-6-8-17(4)14-19/h6-11,14-16,23H,5,12-13H2,1-4H3,(H,22,25). The van der Waals surface area contributed by atoms with Gasteiger partial charge in [0.1, 0.15) is 0 Å². The van der Waals surface area contributed by atoms with Crippen molar-refractivity contribution in [3.8, 4) is 0 Å². The average Bonchev–Trinajstić information content (AvgIpc) is 2.64. The van der Waals surface area contributed by atoms with Crippen LogP contribution in [0.5, 0.6) is 0 Å². The normalized spacial score (nSPS) is 11.6. The van der Waals surface area contributed by atoms with Crippen LogP contribution in [0.4, 0.5) is 5.69 Å². The molecular weight excluding hydrogens is 374 g/mol. The average molecular weight is 404 g/mol. The van der Waals surface area contributed by atoms with Crippen molar-refractivity contribution in [2.45, 2.75) is 38.6 Å². The molecule has 152 valence electrons. The van der Waals surface area contributed by atoms with E-state index in [1.165, 1.54) is 12.1 Å². The number of nitrogens with one attached hydrogen (secondary N) is 2. The van der Waals surface area contributed by atoms with Gasteiger partial charge >= 0.3 is 0 Å². The monoisotopic (exact) mass is 403 g/mol. The van der Waals surface area contributed by atoms with Crippen molar-refractivity contribution in [2.24, 2.45) is 0 Å². The van der Waals surface area contributed by atoms with E-state index in [9.17, 15) is 13.2 Å². The maximum atomic E-state index is 12.7. The molecule has 0 atom stereocenters. The zero-order valence-corrected chi connectivity index (χ0v) is 17.7. The second-order valence-corrected chi connectivity index (χ2v) is 8.66. The van der Waals surface area contributed by atoms with Crippen LogP contribution in [0.25, 0.3) is 0 Å². The Morgan fingerprint density at radius 2 is 1.82 bits per heavy atom. The highest BCUT2D eigenvalue weighted by Crippen LogP contribution is 2.18. The quantitative estimate of drug-likeness (QED) is 0.674. The molecule has 0 unspecified atom stereocenters. The zero-order chi connectivity index (χ0) is 20.7. The third-order valence-corrected chi connectivity index (χ3v) is 5.88. The van der Waals surface area contributed by atoms with Crippen LogP contribution in [0.1, 0.15) is 36.7 Å². The van der Waals surface area contributed by atoms with E-state index in [1.54, 1.807) is 30.3 Å². The molecule has 0 saturated heterocycles. The van der Waals surface area contributed by atoms with E-state index >= 15 is 0 Å². The van der Waals surface area contributed by atoms with Gasteiger partial charge in [0.2, 0.25) is 0 Å². The van der Waals surface area contributed by atoms with Crippen LogP contribution in [-0.2, 0) is 10.0 Å². The van der Waals surface area contributed by atoms with Crippen molar-refractivity contribution >= 4 is 21.6 Å².